The van der Waals surface area contributed by atoms with E-state index in [2.05, 4.69) is 10.2 Å². The van der Waals surface area contributed by atoms with E-state index in [1.807, 2.05) is 27.7 Å². The summed E-state index contributed by atoms with van der Waals surface area (Å²) in [6.45, 7) is 8.14. The normalized spacial score (nSPS) is 24.1. The van der Waals surface area contributed by atoms with Gasteiger partial charge in [0.25, 0.3) is 0 Å². The van der Waals surface area contributed by atoms with Crippen molar-refractivity contribution < 1.29 is 10.7 Å². The highest BCUT2D eigenvalue weighted by molar-refractivity contribution is 6.61. The molecule has 4 nitrogen and oxygen atoms in total. The smallest absolute Gasteiger partial charge is 0.399 e. The summed E-state index contributed by atoms with van der Waals surface area (Å²) in [7, 11) is -0.307. The van der Waals surface area contributed by atoms with E-state index in [-0.39, 0.29) is 19.7 Å². The summed E-state index contributed by atoms with van der Waals surface area (Å²) in [4.78, 5) is 0. The second-order valence-corrected chi connectivity index (χ2v) is 4.62. The third-order valence-electron chi connectivity index (χ3n) is 3.04. The molecule has 0 aliphatic carbocycles. The van der Waals surface area contributed by atoms with Crippen LogP contribution in [0.2, 0.25) is 0 Å². The first-order valence-electron chi connectivity index (χ1n) is 4.77. The molecule has 5 heteroatoms. The number of rotatable bonds is 1. The van der Waals surface area contributed by atoms with Gasteiger partial charge in [-0.05, 0) is 27.7 Å². The Balaban J connectivity index is 0.00000112. The molecule has 0 radical (unpaired) electrons. The van der Waals surface area contributed by atoms with Crippen molar-refractivity contribution in [1.29, 1.82) is 0 Å². The molecule has 2 rings (SSSR count). The van der Waals surface area contributed by atoms with Gasteiger partial charge in [-0.25, -0.2) is 0 Å². The van der Waals surface area contributed by atoms with Crippen LogP contribution in [0.15, 0.2) is 12.4 Å². The number of hydrogen-bond acceptors (Lipinski definition) is 3. The Kier molecular flexibility index (Phi) is 1.98. The average Bonchev–Trinajstić information content (AvgIpc) is 2.58. The van der Waals surface area contributed by atoms with Gasteiger partial charge in [0.2, 0.25) is 0 Å². The highest BCUT2D eigenvalue weighted by Gasteiger charge is 2.51. The molecule has 1 saturated heterocycles. The second kappa shape index (κ2) is 2.84. The van der Waals surface area contributed by atoms with Crippen molar-refractivity contribution in [2.45, 2.75) is 38.9 Å². The molecule has 1 fully saturated rings. The fraction of sp³-hybridized carbons (Fsp3) is 0.667. The van der Waals surface area contributed by atoms with Crippen molar-refractivity contribution in [2.24, 2.45) is 0 Å². The van der Waals surface area contributed by atoms with E-state index in [1.54, 1.807) is 12.4 Å². The van der Waals surface area contributed by atoms with Crippen LogP contribution in [0, 0.1) is 0 Å². The van der Waals surface area contributed by atoms with Crippen molar-refractivity contribution in [3.05, 3.63) is 12.4 Å². The van der Waals surface area contributed by atoms with E-state index in [0.717, 1.165) is 5.46 Å². The summed E-state index contributed by atoms with van der Waals surface area (Å²) in [5.74, 6) is 0. The number of aromatic nitrogens is 2. The molecule has 0 amide bonds. The molecule has 0 aromatic carbocycles. The molecule has 2 heterocycles. The predicted octanol–water partition coefficient (Wildman–Crippen LogP) is 0.955. The molecule has 0 spiro atoms. The Labute approximate surface area is 85.6 Å². The maximum atomic E-state index is 5.83. The molecular weight excluding hydrogens is 179 g/mol. The number of nitrogens with zero attached hydrogens (tertiary/aromatic N) is 1. The minimum absolute atomic E-state index is 0. The first-order chi connectivity index (χ1) is 6.42. The van der Waals surface area contributed by atoms with Crippen LogP contribution in [0.25, 0.3) is 0 Å². The number of aromatic amines is 1. The summed E-state index contributed by atoms with van der Waals surface area (Å²) in [6, 6.07) is 0. The van der Waals surface area contributed by atoms with E-state index < -0.39 is 0 Å². The van der Waals surface area contributed by atoms with Crippen LogP contribution in [0.4, 0.5) is 0 Å². The van der Waals surface area contributed by atoms with Crippen molar-refractivity contribution >= 4 is 12.6 Å². The van der Waals surface area contributed by atoms with Crippen LogP contribution in [0.1, 0.15) is 29.1 Å². The van der Waals surface area contributed by atoms with Gasteiger partial charge in [-0.2, -0.15) is 5.10 Å². The van der Waals surface area contributed by atoms with E-state index in [0.29, 0.717) is 0 Å². The monoisotopic (exact) mass is 196 g/mol. The summed E-state index contributed by atoms with van der Waals surface area (Å²) < 4.78 is 11.7. The van der Waals surface area contributed by atoms with Gasteiger partial charge in [0.1, 0.15) is 0 Å². The zero-order chi connectivity index (χ0) is 10.4. The first-order valence-corrected chi connectivity index (χ1v) is 4.77. The second-order valence-electron chi connectivity index (χ2n) is 4.62. The van der Waals surface area contributed by atoms with Gasteiger partial charge in [0.05, 0.1) is 11.2 Å². The summed E-state index contributed by atoms with van der Waals surface area (Å²) in [5, 5.41) is 6.63. The molecule has 0 bridgehead atoms. The average molecular weight is 196 g/mol. The zero-order valence-corrected chi connectivity index (χ0v) is 9.00. The van der Waals surface area contributed by atoms with Gasteiger partial charge in [-0.15, -0.1) is 0 Å². The van der Waals surface area contributed by atoms with Gasteiger partial charge in [-0.1, -0.05) is 0 Å². The standard InChI is InChI=1S/C9H15BN2O2.H2/c1-8(2)9(3,4)14-10(13-8)7-5-11-12-6-7;/h5-6H,1-4H3,(H,11,12);1H. The lowest BCUT2D eigenvalue weighted by molar-refractivity contribution is 0.00578. The molecule has 1 aliphatic rings. The molecule has 0 saturated carbocycles. The largest absolute Gasteiger partial charge is 0.498 e. The maximum absolute atomic E-state index is 5.83. The third kappa shape index (κ3) is 1.37. The van der Waals surface area contributed by atoms with Crippen molar-refractivity contribution in [3.63, 3.8) is 0 Å². The van der Waals surface area contributed by atoms with Crippen LogP contribution in [0.5, 0.6) is 0 Å². The Hall–Kier alpha value is -0.805. The SMILES string of the molecule is CC1(C)OB(c2cn[nH]c2)OC1(C)C.[HH]. The third-order valence-corrected chi connectivity index (χ3v) is 3.04. The minimum atomic E-state index is -0.307. The maximum Gasteiger partial charge on any atom is 0.498 e. The molecule has 1 aromatic rings. The van der Waals surface area contributed by atoms with Gasteiger partial charge < -0.3 is 9.31 Å². The number of H-pyrrole nitrogens is 1. The zero-order valence-electron chi connectivity index (χ0n) is 9.00. The van der Waals surface area contributed by atoms with Crippen LogP contribution >= 0.6 is 0 Å². The Bertz CT molecular complexity index is 311. The van der Waals surface area contributed by atoms with Gasteiger partial charge in [0.15, 0.2) is 0 Å². The molecule has 1 aliphatic heterocycles. The highest BCUT2D eigenvalue weighted by atomic mass is 16.7. The lowest BCUT2D eigenvalue weighted by Gasteiger charge is -2.32. The van der Waals surface area contributed by atoms with E-state index in [4.69, 9.17) is 9.31 Å². The van der Waals surface area contributed by atoms with Crippen molar-refractivity contribution in [3.8, 4) is 0 Å². The molecule has 0 atom stereocenters. The highest BCUT2D eigenvalue weighted by Crippen LogP contribution is 2.36. The van der Waals surface area contributed by atoms with Gasteiger partial charge in [0, 0.05) is 19.3 Å². The van der Waals surface area contributed by atoms with Crippen LogP contribution < -0.4 is 5.46 Å². The lowest BCUT2D eigenvalue weighted by Crippen LogP contribution is -2.41. The molecule has 1 N–H and O–H groups in total. The Morgan fingerprint density at radius 3 is 2.29 bits per heavy atom. The molecule has 14 heavy (non-hydrogen) atoms. The topological polar surface area (TPSA) is 47.1 Å². The van der Waals surface area contributed by atoms with Gasteiger partial charge in [-0.3, -0.25) is 5.10 Å². The van der Waals surface area contributed by atoms with E-state index in [1.165, 1.54) is 0 Å². The number of hydrogen-bond donors (Lipinski definition) is 1. The van der Waals surface area contributed by atoms with E-state index >= 15 is 0 Å². The van der Waals surface area contributed by atoms with E-state index in [9.17, 15) is 0 Å². The molecule has 0 unspecified atom stereocenters. The van der Waals surface area contributed by atoms with Crippen molar-refractivity contribution in [2.75, 3.05) is 0 Å². The minimum Gasteiger partial charge on any atom is -0.399 e. The summed E-state index contributed by atoms with van der Waals surface area (Å²) in [6.07, 6.45) is 3.52. The predicted molar refractivity (Wildman–Crippen MR) is 56.4 cm³/mol. The summed E-state index contributed by atoms with van der Waals surface area (Å²) >= 11 is 0. The van der Waals surface area contributed by atoms with Gasteiger partial charge >= 0.3 is 7.12 Å². The summed E-state index contributed by atoms with van der Waals surface area (Å²) in [5.41, 5.74) is 0.368. The fourth-order valence-electron chi connectivity index (χ4n) is 1.37. The fourth-order valence-corrected chi connectivity index (χ4v) is 1.37. The lowest BCUT2D eigenvalue weighted by atomic mass is 9.82. The molecule has 78 valence electrons. The molecule has 1 aromatic heterocycles. The van der Waals surface area contributed by atoms with Crippen LogP contribution in [-0.2, 0) is 9.31 Å². The quantitative estimate of drug-likeness (QED) is 0.680. The molecular formula is C9H17BN2O2. The number of nitrogens with one attached hydrogen (secondary N) is 1. The Morgan fingerprint density at radius 1 is 1.29 bits per heavy atom. The van der Waals surface area contributed by atoms with Crippen LogP contribution in [0.3, 0.4) is 0 Å². The van der Waals surface area contributed by atoms with Crippen LogP contribution in [-0.4, -0.2) is 28.5 Å². The first kappa shape index (κ1) is 9.74. The van der Waals surface area contributed by atoms with Crippen molar-refractivity contribution in [1.82, 2.24) is 10.2 Å². The Morgan fingerprint density at radius 2 is 1.86 bits per heavy atom.